The maximum atomic E-state index is 9.47. The van der Waals surface area contributed by atoms with Crippen LogP contribution in [0.1, 0.15) is 24.7 Å². The molecule has 2 aromatic rings. The first-order chi connectivity index (χ1) is 8.78. The molecule has 0 aliphatic carbocycles. The zero-order valence-corrected chi connectivity index (χ0v) is 9.95. The molecule has 0 spiro atoms. The first kappa shape index (κ1) is 11.2. The molecule has 0 saturated heterocycles. The van der Waals surface area contributed by atoms with Crippen molar-refractivity contribution in [3.8, 4) is 17.1 Å². The number of hydrogen-bond acceptors (Lipinski definition) is 4. The van der Waals surface area contributed by atoms with Gasteiger partial charge in [-0.1, -0.05) is 12.1 Å². The van der Waals surface area contributed by atoms with Crippen LogP contribution in [0, 0.1) is 0 Å². The van der Waals surface area contributed by atoms with Gasteiger partial charge in [-0.2, -0.15) is 5.10 Å². The minimum atomic E-state index is 0.0345. The van der Waals surface area contributed by atoms with Crippen molar-refractivity contribution in [1.82, 2.24) is 14.8 Å². The zero-order valence-electron chi connectivity index (χ0n) is 9.95. The zero-order chi connectivity index (χ0) is 12.5. The molecule has 2 N–H and O–H groups in total. The second-order valence-electron chi connectivity index (χ2n) is 4.58. The number of rotatable bonds is 2. The smallest absolute Gasteiger partial charge is 0.181 e. The van der Waals surface area contributed by atoms with Crippen LogP contribution in [0.2, 0.25) is 0 Å². The maximum Gasteiger partial charge on any atom is 0.181 e. The monoisotopic (exact) mass is 245 g/mol. The summed E-state index contributed by atoms with van der Waals surface area (Å²) in [5.41, 5.74) is 0.800. The van der Waals surface area contributed by atoms with E-state index in [0.29, 0.717) is 5.82 Å². The lowest BCUT2D eigenvalue weighted by molar-refractivity contribution is 0.195. The van der Waals surface area contributed by atoms with E-state index < -0.39 is 0 Å². The number of fused-ring (bicyclic) bond motifs is 1. The van der Waals surface area contributed by atoms with Crippen LogP contribution in [0.15, 0.2) is 24.3 Å². The summed E-state index contributed by atoms with van der Waals surface area (Å²) >= 11 is 0. The molecule has 94 valence electrons. The van der Waals surface area contributed by atoms with Crippen molar-refractivity contribution in [2.45, 2.75) is 25.3 Å². The van der Waals surface area contributed by atoms with E-state index in [9.17, 15) is 10.2 Å². The number of aryl methyl sites for hydroxylation is 1. The quantitative estimate of drug-likeness (QED) is 0.841. The highest BCUT2D eigenvalue weighted by atomic mass is 16.3. The van der Waals surface area contributed by atoms with Crippen molar-refractivity contribution < 1.29 is 10.2 Å². The number of aromatic nitrogens is 3. The van der Waals surface area contributed by atoms with E-state index in [0.717, 1.165) is 30.7 Å². The highest BCUT2D eigenvalue weighted by Crippen LogP contribution is 2.26. The standard InChI is InChI=1S/C13H15N3O2/c17-8-10-4-2-6-12-14-13(15-16(10)12)9-3-1-5-11(18)7-9/h1,3,5,7,10,17-18H,2,4,6,8H2. The summed E-state index contributed by atoms with van der Waals surface area (Å²) in [6.07, 6.45) is 2.86. The molecular weight excluding hydrogens is 230 g/mol. The van der Waals surface area contributed by atoms with Crippen molar-refractivity contribution in [1.29, 1.82) is 0 Å². The van der Waals surface area contributed by atoms with Crippen LogP contribution in [0.4, 0.5) is 0 Å². The van der Waals surface area contributed by atoms with Gasteiger partial charge in [0, 0.05) is 12.0 Å². The van der Waals surface area contributed by atoms with Gasteiger partial charge < -0.3 is 10.2 Å². The summed E-state index contributed by atoms with van der Waals surface area (Å²) in [5.74, 6) is 1.74. The lowest BCUT2D eigenvalue weighted by Crippen LogP contribution is -2.21. The Morgan fingerprint density at radius 2 is 2.28 bits per heavy atom. The molecule has 0 fully saturated rings. The number of phenols is 1. The van der Waals surface area contributed by atoms with Gasteiger partial charge in [-0.25, -0.2) is 9.67 Å². The molecule has 2 heterocycles. The third-order valence-electron chi connectivity index (χ3n) is 3.30. The van der Waals surface area contributed by atoms with Crippen molar-refractivity contribution >= 4 is 0 Å². The Labute approximate surface area is 105 Å². The third kappa shape index (κ3) is 1.86. The molecule has 0 saturated carbocycles. The molecule has 1 unspecified atom stereocenters. The Morgan fingerprint density at radius 1 is 1.39 bits per heavy atom. The van der Waals surface area contributed by atoms with Crippen molar-refractivity contribution in [2.24, 2.45) is 0 Å². The van der Waals surface area contributed by atoms with Gasteiger partial charge in [-0.15, -0.1) is 0 Å². The Kier molecular flexibility index (Phi) is 2.76. The SMILES string of the molecule is OCC1CCCc2nc(-c3cccc(O)c3)nn21. The average molecular weight is 245 g/mol. The van der Waals surface area contributed by atoms with Crippen LogP contribution < -0.4 is 0 Å². The molecule has 1 atom stereocenters. The van der Waals surface area contributed by atoms with E-state index in [-0.39, 0.29) is 18.4 Å². The van der Waals surface area contributed by atoms with Crippen molar-refractivity contribution in [3.63, 3.8) is 0 Å². The van der Waals surface area contributed by atoms with Crippen molar-refractivity contribution in [2.75, 3.05) is 6.61 Å². The molecule has 3 rings (SSSR count). The minimum absolute atomic E-state index is 0.0345. The van der Waals surface area contributed by atoms with Gasteiger partial charge in [0.1, 0.15) is 11.6 Å². The summed E-state index contributed by atoms with van der Waals surface area (Å²) in [6, 6.07) is 6.95. The van der Waals surface area contributed by atoms with Crippen LogP contribution in [0.3, 0.4) is 0 Å². The summed E-state index contributed by atoms with van der Waals surface area (Å²) in [6.45, 7) is 0.0931. The van der Waals surface area contributed by atoms with Gasteiger partial charge in [0.05, 0.1) is 12.6 Å². The summed E-state index contributed by atoms with van der Waals surface area (Å²) in [7, 11) is 0. The van der Waals surface area contributed by atoms with Crippen LogP contribution in [0.25, 0.3) is 11.4 Å². The molecule has 18 heavy (non-hydrogen) atoms. The first-order valence-corrected chi connectivity index (χ1v) is 6.13. The number of phenolic OH excluding ortho intramolecular Hbond substituents is 1. The second kappa shape index (κ2) is 4.42. The number of benzene rings is 1. The summed E-state index contributed by atoms with van der Waals surface area (Å²) < 4.78 is 1.82. The molecule has 0 radical (unpaired) electrons. The number of nitrogens with zero attached hydrogens (tertiary/aromatic N) is 3. The van der Waals surface area contributed by atoms with Crippen LogP contribution in [-0.4, -0.2) is 31.6 Å². The van der Waals surface area contributed by atoms with Crippen LogP contribution in [0.5, 0.6) is 5.75 Å². The Morgan fingerprint density at radius 3 is 3.06 bits per heavy atom. The van der Waals surface area contributed by atoms with E-state index in [1.54, 1.807) is 18.2 Å². The Bertz CT molecular complexity index is 565. The van der Waals surface area contributed by atoms with Gasteiger partial charge in [-0.05, 0) is 25.0 Å². The molecule has 5 nitrogen and oxygen atoms in total. The number of hydrogen-bond donors (Lipinski definition) is 2. The van der Waals surface area contributed by atoms with E-state index >= 15 is 0 Å². The highest BCUT2D eigenvalue weighted by molar-refractivity contribution is 5.57. The van der Waals surface area contributed by atoms with Gasteiger partial charge in [-0.3, -0.25) is 0 Å². The van der Waals surface area contributed by atoms with Gasteiger partial charge in [0.15, 0.2) is 5.82 Å². The lowest BCUT2D eigenvalue weighted by Gasteiger charge is -2.20. The third-order valence-corrected chi connectivity index (χ3v) is 3.30. The topological polar surface area (TPSA) is 71.2 Å². The molecule has 1 aromatic carbocycles. The minimum Gasteiger partial charge on any atom is -0.508 e. The summed E-state index contributed by atoms with van der Waals surface area (Å²) in [5, 5.41) is 23.3. The fraction of sp³-hybridized carbons (Fsp3) is 0.385. The lowest BCUT2D eigenvalue weighted by atomic mass is 10.1. The van der Waals surface area contributed by atoms with Crippen LogP contribution >= 0.6 is 0 Å². The molecule has 5 heteroatoms. The maximum absolute atomic E-state index is 9.47. The number of aliphatic hydroxyl groups excluding tert-OH is 1. The molecular formula is C13H15N3O2. The predicted octanol–water partition coefficient (Wildman–Crippen LogP) is 1.52. The van der Waals surface area contributed by atoms with Gasteiger partial charge >= 0.3 is 0 Å². The Hall–Kier alpha value is -1.88. The molecule has 1 aliphatic rings. The number of aromatic hydroxyl groups is 1. The van der Waals surface area contributed by atoms with Gasteiger partial charge in [0.2, 0.25) is 0 Å². The largest absolute Gasteiger partial charge is 0.508 e. The molecule has 0 bridgehead atoms. The molecule has 1 aliphatic heterocycles. The second-order valence-corrected chi connectivity index (χ2v) is 4.58. The van der Waals surface area contributed by atoms with E-state index in [1.165, 1.54) is 0 Å². The fourth-order valence-corrected chi connectivity index (χ4v) is 2.37. The highest BCUT2D eigenvalue weighted by Gasteiger charge is 2.22. The first-order valence-electron chi connectivity index (χ1n) is 6.13. The van der Waals surface area contributed by atoms with Crippen molar-refractivity contribution in [3.05, 3.63) is 30.1 Å². The normalized spacial score (nSPS) is 18.6. The predicted molar refractivity (Wildman–Crippen MR) is 66.2 cm³/mol. The average Bonchev–Trinajstić information content (AvgIpc) is 2.82. The van der Waals surface area contributed by atoms with Crippen LogP contribution in [-0.2, 0) is 6.42 Å². The van der Waals surface area contributed by atoms with E-state index in [4.69, 9.17) is 0 Å². The molecule has 1 aromatic heterocycles. The Balaban J connectivity index is 2.02. The van der Waals surface area contributed by atoms with E-state index in [2.05, 4.69) is 10.1 Å². The number of aliphatic hydroxyl groups is 1. The fourth-order valence-electron chi connectivity index (χ4n) is 2.37. The van der Waals surface area contributed by atoms with E-state index in [1.807, 2.05) is 10.7 Å². The summed E-state index contributed by atoms with van der Waals surface area (Å²) in [4.78, 5) is 4.49. The molecule has 0 amide bonds. The van der Waals surface area contributed by atoms with Gasteiger partial charge in [0.25, 0.3) is 0 Å².